The largest absolute Gasteiger partial charge is 0.376 e. The molecule has 0 amide bonds. The molecule has 106 valence electrons. The van der Waals surface area contributed by atoms with Gasteiger partial charge in [0.2, 0.25) is 10.0 Å². The van der Waals surface area contributed by atoms with Crippen molar-refractivity contribution >= 4 is 15.7 Å². The van der Waals surface area contributed by atoms with Crippen LogP contribution in [0.15, 0.2) is 53.6 Å². The third-order valence-corrected chi connectivity index (χ3v) is 4.42. The van der Waals surface area contributed by atoms with Crippen LogP contribution in [0.4, 0.5) is 5.69 Å². The maximum atomic E-state index is 12.0. The SMILES string of the molecule is CNS(=O)(=O)c1ccccc1NC(C)c1ccccn1. The highest BCUT2D eigenvalue weighted by atomic mass is 32.2. The fourth-order valence-corrected chi connectivity index (χ4v) is 2.76. The monoisotopic (exact) mass is 291 g/mol. The Morgan fingerprint density at radius 1 is 1.10 bits per heavy atom. The average molecular weight is 291 g/mol. The summed E-state index contributed by atoms with van der Waals surface area (Å²) in [4.78, 5) is 4.49. The van der Waals surface area contributed by atoms with Crippen molar-refractivity contribution in [3.8, 4) is 0 Å². The van der Waals surface area contributed by atoms with E-state index in [1.807, 2.05) is 25.1 Å². The summed E-state index contributed by atoms with van der Waals surface area (Å²) in [5, 5.41) is 3.19. The van der Waals surface area contributed by atoms with Gasteiger partial charge < -0.3 is 5.32 Å². The minimum atomic E-state index is -3.49. The van der Waals surface area contributed by atoms with Crippen LogP contribution in [0.2, 0.25) is 0 Å². The van der Waals surface area contributed by atoms with E-state index in [1.54, 1.807) is 30.5 Å². The van der Waals surface area contributed by atoms with E-state index < -0.39 is 10.0 Å². The van der Waals surface area contributed by atoms with E-state index in [4.69, 9.17) is 0 Å². The van der Waals surface area contributed by atoms with Crippen LogP contribution in [-0.4, -0.2) is 20.4 Å². The molecule has 1 unspecified atom stereocenters. The summed E-state index contributed by atoms with van der Waals surface area (Å²) < 4.78 is 26.3. The number of sulfonamides is 1. The molecule has 6 heteroatoms. The first-order valence-electron chi connectivity index (χ1n) is 6.24. The second-order valence-electron chi connectivity index (χ2n) is 4.32. The lowest BCUT2D eigenvalue weighted by Crippen LogP contribution is -2.20. The van der Waals surface area contributed by atoms with Gasteiger partial charge in [-0.15, -0.1) is 0 Å². The predicted molar refractivity (Wildman–Crippen MR) is 79.0 cm³/mol. The lowest BCUT2D eigenvalue weighted by molar-refractivity contribution is 0.588. The Kier molecular flexibility index (Phi) is 4.36. The quantitative estimate of drug-likeness (QED) is 0.885. The van der Waals surface area contributed by atoms with Gasteiger partial charge in [-0.2, -0.15) is 0 Å². The second kappa shape index (κ2) is 6.02. The molecule has 0 saturated heterocycles. The molecule has 0 aliphatic rings. The van der Waals surface area contributed by atoms with Crippen molar-refractivity contribution < 1.29 is 8.42 Å². The number of rotatable bonds is 5. The van der Waals surface area contributed by atoms with Crippen molar-refractivity contribution in [2.75, 3.05) is 12.4 Å². The summed E-state index contributed by atoms with van der Waals surface area (Å²) in [6.45, 7) is 1.94. The zero-order valence-corrected chi connectivity index (χ0v) is 12.2. The van der Waals surface area contributed by atoms with Gasteiger partial charge in [0.05, 0.1) is 17.4 Å². The molecule has 2 rings (SSSR count). The maximum Gasteiger partial charge on any atom is 0.242 e. The lowest BCUT2D eigenvalue weighted by atomic mass is 10.2. The molecule has 0 radical (unpaired) electrons. The molecule has 2 aromatic rings. The average Bonchev–Trinajstić information content (AvgIpc) is 2.48. The zero-order chi connectivity index (χ0) is 14.6. The second-order valence-corrected chi connectivity index (χ2v) is 6.18. The molecule has 0 fully saturated rings. The predicted octanol–water partition coefficient (Wildman–Crippen LogP) is 2.16. The van der Waals surface area contributed by atoms with Crippen molar-refractivity contribution in [2.45, 2.75) is 17.9 Å². The van der Waals surface area contributed by atoms with Crippen molar-refractivity contribution in [1.29, 1.82) is 0 Å². The van der Waals surface area contributed by atoms with Crippen LogP contribution >= 0.6 is 0 Å². The van der Waals surface area contributed by atoms with E-state index in [2.05, 4.69) is 15.0 Å². The van der Waals surface area contributed by atoms with Gasteiger partial charge in [-0.05, 0) is 38.2 Å². The highest BCUT2D eigenvalue weighted by molar-refractivity contribution is 7.89. The minimum Gasteiger partial charge on any atom is -0.376 e. The third kappa shape index (κ3) is 3.15. The van der Waals surface area contributed by atoms with Gasteiger partial charge in [-0.3, -0.25) is 4.98 Å². The summed E-state index contributed by atoms with van der Waals surface area (Å²) in [5.74, 6) is 0. The number of benzene rings is 1. The molecule has 1 aromatic heterocycles. The normalized spacial score (nSPS) is 12.9. The van der Waals surface area contributed by atoms with Crippen molar-refractivity contribution in [2.24, 2.45) is 0 Å². The molecule has 1 atom stereocenters. The number of nitrogens with one attached hydrogen (secondary N) is 2. The van der Waals surface area contributed by atoms with Gasteiger partial charge in [0.25, 0.3) is 0 Å². The van der Waals surface area contributed by atoms with Gasteiger partial charge in [0, 0.05) is 6.20 Å². The molecule has 20 heavy (non-hydrogen) atoms. The summed E-state index contributed by atoms with van der Waals surface area (Å²) in [6.07, 6.45) is 1.71. The molecule has 5 nitrogen and oxygen atoms in total. The molecule has 2 N–H and O–H groups in total. The third-order valence-electron chi connectivity index (χ3n) is 2.95. The van der Waals surface area contributed by atoms with Gasteiger partial charge in [-0.1, -0.05) is 18.2 Å². The number of hydrogen-bond donors (Lipinski definition) is 2. The molecule has 0 aliphatic heterocycles. The highest BCUT2D eigenvalue weighted by Crippen LogP contribution is 2.24. The van der Waals surface area contributed by atoms with Crippen LogP contribution in [0.3, 0.4) is 0 Å². The first-order valence-corrected chi connectivity index (χ1v) is 7.73. The Hall–Kier alpha value is -1.92. The minimum absolute atomic E-state index is 0.0931. The Morgan fingerprint density at radius 2 is 1.80 bits per heavy atom. The van der Waals surface area contributed by atoms with E-state index in [9.17, 15) is 8.42 Å². The molecular formula is C14H17N3O2S. The number of pyridine rings is 1. The Morgan fingerprint density at radius 3 is 2.45 bits per heavy atom. The smallest absolute Gasteiger partial charge is 0.242 e. The van der Waals surface area contributed by atoms with E-state index in [0.29, 0.717) is 5.69 Å². The lowest BCUT2D eigenvalue weighted by Gasteiger charge is -2.17. The number of nitrogens with zero attached hydrogens (tertiary/aromatic N) is 1. The van der Waals surface area contributed by atoms with Crippen LogP contribution in [0.1, 0.15) is 18.7 Å². The van der Waals surface area contributed by atoms with E-state index in [0.717, 1.165) is 5.69 Å². The topological polar surface area (TPSA) is 71.1 Å². The molecule has 0 aliphatic carbocycles. The van der Waals surface area contributed by atoms with E-state index in [1.165, 1.54) is 7.05 Å². The first kappa shape index (κ1) is 14.5. The van der Waals surface area contributed by atoms with Crippen molar-refractivity contribution in [1.82, 2.24) is 9.71 Å². The molecule has 0 saturated carbocycles. The number of para-hydroxylation sites is 1. The Bertz CT molecular complexity index is 672. The van der Waals surface area contributed by atoms with E-state index in [-0.39, 0.29) is 10.9 Å². The number of hydrogen-bond acceptors (Lipinski definition) is 4. The summed E-state index contributed by atoms with van der Waals surface area (Å²) >= 11 is 0. The van der Waals surface area contributed by atoms with Gasteiger partial charge in [0.15, 0.2) is 0 Å². The van der Waals surface area contributed by atoms with Crippen LogP contribution in [0, 0.1) is 0 Å². The molecular weight excluding hydrogens is 274 g/mol. The number of aromatic nitrogens is 1. The standard InChI is InChI=1S/C14H17N3O2S/c1-11(12-7-5-6-10-16-12)17-13-8-3-4-9-14(13)20(18,19)15-2/h3-11,15,17H,1-2H3. The van der Waals surface area contributed by atoms with Crippen LogP contribution < -0.4 is 10.0 Å². The van der Waals surface area contributed by atoms with Crippen molar-refractivity contribution in [3.63, 3.8) is 0 Å². The Balaban J connectivity index is 2.31. The maximum absolute atomic E-state index is 12.0. The van der Waals surface area contributed by atoms with Crippen LogP contribution in [-0.2, 0) is 10.0 Å². The van der Waals surface area contributed by atoms with Gasteiger partial charge in [0.1, 0.15) is 4.90 Å². The van der Waals surface area contributed by atoms with E-state index >= 15 is 0 Å². The molecule has 0 bridgehead atoms. The fourth-order valence-electron chi connectivity index (χ4n) is 1.87. The molecule has 1 aromatic carbocycles. The first-order chi connectivity index (χ1) is 9.54. The number of anilines is 1. The van der Waals surface area contributed by atoms with Gasteiger partial charge >= 0.3 is 0 Å². The highest BCUT2D eigenvalue weighted by Gasteiger charge is 2.17. The van der Waals surface area contributed by atoms with Crippen LogP contribution in [0.5, 0.6) is 0 Å². The fraction of sp³-hybridized carbons (Fsp3) is 0.214. The molecule has 0 spiro atoms. The Labute approximate surface area is 119 Å². The van der Waals surface area contributed by atoms with Gasteiger partial charge in [-0.25, -0.2) is 13.1 Å². The summed E-state index contributed by atoms with van der Waals surface area (Å²) in [5.41, 5.74) is 1.41. The van der Waals surface area contributed by atoms with Crippen LogP contribution in [0.25, 0.3) is 0 Å². The molecule has 1 heterocycles. The summed E-state index contributed by atoms with van der Waals surface area (Å²) in [6, 6.07) is 12.3. The van der Waals surface area contributed by atoms with Crippen molar-refractivity contribution in [3.05, 3.63) is 54.4 Å². The summed E-state index contributed by atoms with van der Waals surface area (Å²) in [7, 11) is -2.09. The zero-order valence-electron chi connectivity index (χ0n) is 11.4.